The van der Waals surface area contributed by atoms with Gasteiger partial charge >= 0.3 is 9.28 Å². The molecule has 0 aromatic carbocycles. The fourth-order valence-electron chi connectivity index (χ4n) is 1.91. The maximum absolute atomic E-state index is 5.81. The molecule has 1 unspecified atom stereocenters. The van der Waals surface area contributed by atoms with Crippen LogP contribution in [-0.2, 0) is 8.85 Å². The molecule has 4 heteroatoms. The first kappa shape index (κ1) is 16.1. The summed E-state index contributed by atoms with van der Waals surface area (Å²) in [6.07, 6.45) is 6.04. The van der Waals surface area contributed by atoms with Crippen molar-refractivity contribution in [2.75, 3.05) is 19.8 Å². The first-order valence-electron chi connectivity index (χ1n) is 6.73. The predicted octanol–water partition coefficient (Wildman–Crippen LogP) is 2.58. The van der Waals surface area contributed by atoms with E-state index in [2.05, 4.69) is 20.8 Å². The fourth-order valence-corrected chi connectivity index (χ4v) is 4.23. The van der Waals surface area contributed by atoms with Crippen molar-refractivity contribution < 1.29 is 8.85 Å². The Kier molecular flexibility index (Phi) is 11.6. The summed E-state index contributed by atoms with van der Waals surface area (Å²) >= 11 is 0. The number of hydrogen-bond acceptors (Lipinski definition) is 3. The summed E-state index contributed by atoms with van der Waals surface area (Å²) in [5.41, 5.74) is 6.23. The van der Waals surface area contributed by atoms with Gasteiger partial charge < -0.3 is 14.6 Å². The smallest absolute Gasteiger partial charge is 0.324 e. The molecule has 0 aromatic rings. The van der Waals surface area contributed by atoms with Crippen molar-refractivity contribution in [2.24, 2.45) is 5.73 Å². The highest BCUT2D eigenvalue weighted by Crippen LogP contribution is 2.25. The molecular weight excluding hydrogens is 218 g/mol. The van der Waals surface area contributed by atoms with Crippen LogP contribution in [0.5, 0.6) is 0 Å². The topological polar surface area (TPSA) is 44.5 Å². The summed E-state index contributed by atoms with van der Waals surface area (Å²) < 4.78 is 11.6. The molecule has 0 heterocycles. The van der Waals surface area contributed by atoms with Crippen LogP contribution in [0, 0.1) is 0 Å². The van der Waals surface area contributed by atoms with Gasteiger partial charge in [0.1, 0.15) is 0 Å². The lowest BCUT2D eigenvalue weighted by molar-refractivity contribution is 0.199. The van der Waals surface area contributed by atoms with Gasteiger partial charge in [-0.05, 0) is 45.2 Å². The third kappa shape index (κ3) is 7.38. The van der Waals surface area contributed by atoms with E-state index in [9.17, 15) is 0 Å². The summed E-state index contributed by atoms with van der Waals surface area (Å²) in [5.74, 6) is 0. The van der Waals surface area contributed by atoms with Crippen molar-refractivity contribution in [1.29, 1.82) is 0 Å². The summed E-state index contributed by atoms with van der Waals surface area (Å²) in [4.78, 5) is 0. The molecule has 0 radical (unpaired) electrons. The van der Waals surface area contributed by atoms with Crippen LogP contribution in [0.1, 0.15) is 52.9 Å². The molecule has 16 heavy (non-hydrogen) atoms. The Bertz CT molecular complexity index is 133. The van der Waals surface area contributed by atoms with E-state index in [1.165, 1.54) is 25.7 Å². The van der Waals surface area contributed by atoms with Crippen LogP contribution < -0.4 is 5.73 Å². The molecule has 1 atom stereocenters. The summed E-state index contributed by atoms with van der Waals surface area (Å²) in [6, 6.07) is 0. The number of unbranched alkanes of at least 4 members (excludes halogenated alkanes) is 1. The summed E-state index contributed by atoms with van der Waals surface area (Å²) in [7, 11) is -1.47. The van der Waals surface area contributed by atoms with Crippen molar-refractivity contribution in [3.63, 3.8) is 0 Å². The van der Waals surface area contributed by atoms with Crippen molar-refractivity contribution in [3.8, 4) is 0 Å². The minimum absolute atomic E-state index is 0.642. The Labute approximate surface area is 103 Å². The van der Waals surface area contributed by atoms with E-state index in [1.54, 1.807) is 0 Å². The largest absolute Gasteiger partial charge is 0.397 e. The van der Waals surface area contributed by atoms with Gasteiger partial charge in [0.15, 0.2) is 0 Å². The second-order valence-corrected chi connectivity index (χ2v) is 6.46. The summed E-state index contributed by atoms with van der Waals surface area (Å²) in [5, 5.41) is 0. The van der Waals surface area contributed by atoms with E-state index in [-0.39, 0.29) is 0 Å². The number of hydrogen-bond donors (Lipinski definition) is 1. The first-order chi connectivity index (χ1) is 7.79. The molecule has 0 aliphatic heterocycles. The van der Waals surface area contributed by atoms with Crippen molar-refractivity contribution in [2.45, 2.75) is 58.4 Å². The molecule has 0 bridgehead atoms. The van der Waals surface area contributed by atoms with Crippen LogP contribution >= 0.6 is 0 Å². The monoisotopic (exact) mass is 247 g/mol. The van der Waals surface area contributed by atoms with Crippen molar-refractivity contribution in [1.82, 2.24) is 0 Å². The van der Waals surface area contributed by atoms with Crippen LogP contribution in [-0.4, -0.2) is 29.0 Å². The zero-order chi connectivity index (χ0) is 12.2. The van der Waals surface area contributed by atoms with Crippen molar-refractivity contribution >= 4 is 9.28 Å². The van der Waals surface area contributed by atoms with Gasteiger partial charge in [0.05, 0.1) is 0 Å². The first-order valence-corrected chi connectivity index (χ1v) is 8.34. The maximum atomic E-state index is 5.81. The van der Waals surface area contributed by atoms with E-state index >= 15 is 0 Å². The summed E-state index contributed by atoms with van der Waals surface area (Å²) in [6.45, 7) is 8.68. The van der Waals surface area contributed by atoms with Crippen molar-refractivity contribution in [3.05, 3.63) is 0 Å². The Morgan fingerprint density at radius 1 is 1.00 bits per heavy atom. The quantitative estimate of drug-likeness (QED) is 0.571. The second-order valence-electron chi connectivity index (χ2n) is 4.11. The van der Waals surface area contributed by atoms with Gasteiger partial charge in [0.25, 0.3) is 0 Å². The highest BCUT2D eigenvalue weighted by atomic mass is 28.3. The predicted molar refractivity (Wildman–Crippen MR) is 72.0 cm³/mol. The third-order valence-electron chi connectivity index (χ3n) is 2.75. The lowest BCUT2D eigenvalue weighted by atomic mass is 10.1. The van der Waals surface area contributed by atoms with E-state index in [0.29, 0.717) is 5.54 Å². The highest BCUT2D eigenvalue weighted by molar-refractivity contribution is 6.46. The molecule has 0 aliphatic rings. The molecule has 3 nitrogen and oxygen atoms in total. The molecule has 0 aliphatic carbocycles. The average Bonchev–Trinajstić information content (AvgIpc) is 2.29. The molecule has 2 N–H and O–H groups in total. The minimum Gasteiger partial charge on any atom is -0.397 e. The molecule has 0 amide bonds. The van der Waals surface area contributed by atoms with Gasteiger partial charge in [0.2, 0.25) is 0 Å². The molecule has 0 saturated carbocycles. The van der Waals surface area contributed by atoms with Gasteiger partial charge in [-0.3, -0.25) is 0 Å². The zero-order valence-electron chi connectivity index (χ0n) is 11.2. The molecule has 0 spiro atoms. The number of nitrogens with two attached hydrogens (primary N) is 1. The molecular formula is C12H29NO2Si. The fraction of sp³-hybridized carbons (Fsp3) is 1.00. The molecule has 98 valence electrons. The molecule has 0 fully saturated rings. The SMILES string of the molecule is CCCCC(CCCN)[SiH](OCC)OCC. The Morgan fingerprint density at radius 2 is 1.56 bits per heavy atom. The van der Waals surface area contributed by atoms with Gasteiger partial charge in [-0.1, -0.05) is 19.8 Å². The van der Waals surface area contributed by atoms with E-state index < -0.39 is 9.28 Å². The van der Waals surface area contributed by atoms with E-state index in [4.69, 9.17) is 14.6 Å². The van der Waals surface area contributed by atoms with Gasteiger partial charge in [0, 0.05) is 13.2 Å². The second kappa shape index (κ2) is 11.6. The molecule has 0 rings (SSSR count). The average molecular weight is 247 g/mol. The molecule has 0 saturated heterocycles. The molecule has 0 aromatic heterocycles. The lowest BCUT2D eigenvalue weighted by Gasteiger charge is -2.24. The standard InChI is InChI=1S/C12H29NO2Si/c1-4-7-9-12(10-8-11-13)16(14-5-2)15-6-3/h12,16H,4-11,13H2,1-3H3. The van der Waals surface area contributed by atoms with Crippen LogP contribution in [0.15, 0.2) is 0 Å². The van der Waals surface area contributed by atoms with Gasteiger partial charge in [-0.25, -0.2) is 0 Å². The lowest BCUT2D eigenvalue weighted by Crippen LogP contribution is -2.29. The Hall–Kier alpha value is 0.0969. The van der Waals surface area contributed by atoms with Crippen LogP contribution in [0.3, 0.4) is 0 Å². The minimum atomic E-state index is -1.47. The van der Waals surface area contributed by atoms with E-state index in [0.717, 1.165) is 26.2 Å². The Balaban J connectivity index is 4.15. The number of rotatable bonds is 11. The maximum Gasteiger partial charge on any atom is 0.324 e. The van der Waals surface area contributed by atoms with E-state index in [1.807, 2.05) is 0 Å². The zero-order valence-corrected chi connectivity index (χ0v) is 12.4. The Morgan fingerprint density at radius 3 is 2.00 bits per heavy atom. The van der Waals surface area contributed by atoms with Gasteiger partial charge in [-0.2, -0.15) is 0 Å². The highest BCUT2D eigenvalue weighted by Gasteiger charge is 2.24. The normalized spacial score (nSPS) is 13.3. The van der Waals surface area contributed by atoms with Crippen LogP contribution in [0.25, 0.3) is 0 Å². The van der Waals surface area contributed by atoms with Gasteiger partial charge in [-0.15, -0.1) is 0 Å². The third-order valence-corrected chi connectivity index (χ3v) is 5.51. The van der Waals surface area contributed by atoms with Crippen LogP contribution in [0.4, 0.5) is 0 Å². The van der Waals surface area contributed by atoms with Crippen LogP contribution in [0.2, 0.25) is 5.54 Å².